The Bertz CT molecular complexity index is 417. The lowest BCUT2D eigenvalue weighted by atomic mass is 9.76. The Morgan fingerprint density at radius 3 is 2.63 bits per heavy atom. The molecule has 0 aromatic carbocycles. The Balaban J connectivity index is 2.26. The van der Waals surface area contributed by atoms with Gasteiger partial charge < -0.3 is 14.2 Å². The van der Waals surface area contributed by atoms with Crippen LogP contribution in [0.5, 0.6) is 0 Å². The molecule has 0 spiro atoms. The van der Waals surface area contributed by atoms with Gasteiger partial charge in [-0.1, -0.05) is 13.3 Å². The van der Waals surface area contributed by atoms with Crippen LogP contribution in [-0.4, -0.2) is 37.2 Å². The van der Waals surface area contributed by atoms with Crippen molar-refractivity contribution in [1.29, 1.82) is 0 Å². The van der Waals surface area contributed by atoms with Gasteiger partial charge in [0.15, 0.2) is 11.5 Å². The Labute approximate surface area is 111 Å². The lowest BCUT2D eigenvalue weighted by Crippen LogP contribution is -2.42. The number of hydrogen-bond acceptors (Lipinski definition) is 6. The molecule has 6 heteroatoms. The number of unbranched alkanes of at least 4 members (excludes halogenated alkanes) is 1. The Kier molecular flexibility index (Phi) is 3.52. The zero-order valence-electron chi connectivity index (χ0n) is 11.3. The van der Waals surface area contributed by atoms with E-state index in [9.17, 15) is 14.4 Å². The van der Waals surface area contributed by atoms with Crippen LogP contribution < -0.4 is 0 Å². The number of hydrogen-bond donors (Lipinski definition) is 0. The minimum Gasteiger partial charge on any atom is -0.468 e. The van der Waals surface area contributed by atoms with Gasteiger partial charge in [0.25, 0.3) is 0 Å². The van der Waals surface area contributed by atoms with Crippen LogP contribution in [-0.2, 0) is 28.6 Å². The van der Waals surface area contributed by atoms with E-state index in [1.54, 1.807) is 0 Å². The monoisotopic (exact) mass is 270 g/mol. The highest BCUT2D eigenvalue weighted by atomic mass is 16.6. The van der Waals surface area contributed by atoms with Crippen molar-refractivity contribution in [3.63, 3.8) is 0 Å². The van der Waals surface area contributed by atoms with Gasteiger partial charge in [-0.05, 0) is 19.8 Å². The van der Waals surface area contributed by atoms with E-state index in [1.165, 1.54) is 14.0 Å². The molecule has 0 bridgehead atoms. The molecule has 4 atom stereocenters. The van der Waals surface area contributed by atoms with Crippen LogP contribution in [0.3, 0.4) is 0 Å². The van der Waals surface area contributed by atoms with Crippen LogP contribution in [0.25, 0.3) is 0 Å². The van der Waals surface area contributed by atoms with Crippen LogP contribution in [0.2, 0.25) is 0 Å². The van der Waals surface area contributed by atoms with Gasteiger partial charge in [-0.3, -0.25) is 14.4 Å². The van der Waals surface area contributed by atoms with Crippen molar-refractivity contribution < 1.29 is 28.6 Å². The zero-order chi connectivity index (χ0) is 14.2. The first-order valence-corrected chi connectivity index (χ1v) is 6.46. The summed E-state index contributed by atoms with van der Waals surface area (Å²) in [6.45, 7) is 3.41. The number of ether oxygens (including phenoxy) is 3. The number of carbonyl (C=O) groups is 3. The second-order valence-electron chi connectivity index (χ2n) is 5.16. The molecule has 2 fully saturated rings. The van der Waals surface area contributed by atoms with Crippen molar-refractivity contribution in [2.45, 2.75) is 45.3 Å². The first kappa shape index (κ1) is 13.8. The molecule has 0 aromatic heterocycles. The number of methoxy groups -OCH3 is 1. The Morgan fingerprint density at radius 1 is 1.37 bits per heavy atom. The molecule has 0 saturated carbocycles. The molecule has 2 aliphatic heterocycles. The van der Waals surface area contributed by atoms with Crippen molar-refractivity contribution in [1.82, 2.24) is 0 Å². The van der Waals surface area contributed by atoms with E-state index >= 15 is 0 Å². The smallest absolute Gasteiger partial charge is 0.324 e. The minimum absolute atomic E-state index is 0.451. The van der Waals surface area contributed by atoms with E-state index in [0.29, 0.717) is 6.42 Å². The van der Waals surface area contributed by atoms with Crippen molar-refractivity contribution >= 4 is 17.9 Å². The van der Waals surface area contributed by atoms with Crippen LogP contribution in [0.1, 0.15) is 33.1 Å². The lowest BCUT2D eigenvalue weighted by Gasteiger charge is -2.19. The average molecular weight is 270 g/mol. The first-order chi connectivity index (χ1) is 8.96. The summed E-state index contributed by atoms with van der Waals surface area (Å²) < 4.78 is 15.1. The minimum atomic E-state index is -1.59. The Morgan fingerprint density at radius 2 is 2.05 bits per heavy atom. The van der Waals surface area contributed by atoms with Gasteiger partial charge in [0.1, 0.15) is 12.0 Å². The van der Waals surface area contributed by atoms with Gasteiger partial charge in [-0.15, -0.1) is 0 Å². The van der Waals surface area contributed by atoms with Gasteiger partial charge in [0.2, 0.25) is 0 Å². The van der Waals surface area contributed by atoms with E-state index < -0.39 is 41.4 Å². The molecule has 2 saturated heterocycles. The standard InChI is InChI=1S/C13H18O6/c1-4-5-6-7-9-8(10(14)18-7)13(2,11(15)17-3)12(16)19-9/h7-9H,4-6H2,1-3H3. The predicted molar refractivity (Wildman–Crippen MR) is 62.9 cm³/mol. The third kappa shape index (κ3) is 1.89. The van der Waals surface area contributed by atoms with Crippen molar-refractivity contribution in [3.05, 3.63) is 0 Å². The number of esters is 3. The van der Waals surface area contributed by atoms with Crippen molar-refractivity contribution in [2.24, 2.45) is 11.3 Å². The van der Waals surface area contributed by atoms with E-state index in [-0.39, 0.29) is 0 Å². The fraction of sp³-hybridized carbons (Fsp3) is 0.769. The van der Waals surface area contributed by atoms with Crippen LogP contribution in [0, 0.1) is 11.3 Å². The quantitative estimate of drug-likeness (QED) is 0.427. The third-order valence-electron chi connectivity index (χ3n) is 3.96. The lowest BCUT2D eigenvalue weighted by molar-refractivity contribution is -0.170. The van der Waals surface area contributed by atoms with E-state index in [2.05, 4.69) is 4.74 Å². The number of rotatable bonds is 4. The largest absolute Gasteiger partial charge is 0.468 e. The summed E-state index contributed by atoms with van der Waals surface area (Å²) in [5.41, 5.74) is -1.59. The second kappa shape index (κ2) is 4.83. The molecule has 2 heterocycles. The average Bonchev–Trinajstić information content (AvgIpc) is 2.84. The Hall–Kier alpha value is -1.59. The highest BCUT2D eigenvalue weighted by Crippen LogP contribution is 2.47. The molecule has 106 valence electrons. The van der Waals surface area contributed by atoms with Crippen molar-refractivity contribution in [3.8, 4) is 0 Å². The number of carbonyl (C=O) groups excluding carboxylic acids is 3. The molecule has 0 radical (unpaired) electrons. The predicted octanol–water partition coefficient (Wildman–Crippen LogP) is 0.823. The highest BCUT2D eigenvalue weighted by molar-refractivity contribution is 6.06. The summed E-state index contributed by atoms with van der Waals surface area (Å²) in [5.74, 6) is -2.90. The summed E-state index contributed by atoms with van der Waals surface area (Å²) >= 11 is 0. The van der Waals surface area contributed by atoms with Crippen molar-refractivity contribution in [2.75, 3.05) is 7.11 Å². The molecular formula is C13H18O6. The van der Waals surface area contributed by atoms with Crippen LogP contribution in [0.4, 0.5) is 0 Å². The van der Waals surface area contributed by atoms with Gasteiger partial charge >= 0.3 is 17.9 Å². The zero-order valence-corrected chi connectivity index (χ0v) is 11.3. The van der Waals surface area contributed by atoms with Crippen LogP contribution >= 0.6 is 0 Å². The molecule has 0 amide bonds. The van der Waals surface area contributed by atoms with E-state index in [4.69, 9.17) is 9.47 Å². The fourth-order valence-corrected chi connectivity index (χ4v) is 2.77. The van der Waals surface area contributed by atoms with Crippen LogP contribution in [0.15, 0.2) is 0 Å². The number of cyclic esters (lactones) is 1. The normalized spacial score (nSPS) is 36.7. The molecule has 0 N–H and O–H groups in total. The summed E-state index contributed by atoms with van der Waals surface area (Å²) in [4.78, 5) is 35.7. The molecule has 19 heavy (non-hydrogen) atoms. The summed E-state index contributed by atoms with van der Waals surface area (Å²) in [6.07, 6.45) is 1.33. The maximum atomic E-state index is 11.9. The van der Waals surface area contributed by atoms with Gasteiger partial charge in [-0.25, -0.2) is 0 Å². The van der Waals surface area contributed by atoms with E-state index in [0.717, 1.165) is 12.8 Å². The summed E-state index contributed by atoms with van der Waals surface area (Å²) in [5, 5.41) is 0. The molecule has 6 nitrogen and oxygen atoms in total. The summed E-state index contributed by atoms with van der Waals surface area (Å²) in [6, 6.07) is 0. The molecule has 0 aromatic rings. The van der Waals surface area contributed by atoms with Gasteiger partial charge in [0.05, 0.1) is 7.11 Å². The molecule has 2 rings (SSSR count). The van der Waals surface area contributed by atoms with E-state index in [1.807, 2.05) is 6.92 Å². The SMILES string of the molecule is CCCCC1OC(=O)C2C1OC(=O)C2(C)C(=O)OC. The fourth-order valence-electron chi connectivity index (χ4n) is 2.77. The number of fused-ring (bicyclic) bond motifs is 1. The second-order valence-corrected chi connectivity index (χ2v) is 5.16. The highest BCUT2D eigenvalue weighted by Gasteiger charge is 2.68. The van der Waals surface area contributed by atoms with Gasteiger partial charge in [-0.2, -0.15) is 0 Å². The topological polar surface area (TPSA) is 78.9 Å². The maximum absolute atomic E-state index is 11.9. The third-order valence-corrected chi connectivity index (χ3v) is 3.96. The van der Waals surface area contributed by atoms with Gasteiger partial charge in [0, 0.05) is 0 Å². The summed E-state index contributed by atoms with van der Waals surface area (Å²) in [7, 11) is 1.18. The first-order valence-electron chi connectivity index (χ1n) is 6.46. The molecule has 0 aliphatic carbocycles. The molecular weight excluding hydrogens is 252 g/mol. The molecule has 2 aliphatic rings. The maximum Gasteiger partial charge on any atom is 0.324 e. The molecule has 4 unspecified atom stereocenters.